The zero-order valence-corrected chi connectivity index (χ0v) is 10.6. The summed E-state index contributed by atoms with van der Waals surface area (Å²) >= 11 is 0. The Balaban J connectivity index is 1.54. The van der Waals surface area contributed by atoms with Gasteiger partial charge in [-0.3, -0.25) is 0 Å². The molecule has 0 bridgehead atoms. The van der Waals surface area contributed by atoms with Crippen molar-refractivity contribution in [3.8, 4) is 5.88 Å². The minimum Gasteiger partial charge on any atom is -0.467 e. The van der Waals surface area contributed by atoms with Crippen LogP contribution >= 0.6 is 0 Å². The third-order valence-corrected chi connectivity index (χ3v) is 3.60. The number of halogens is 3. The van der Waals surface area contributed by atoms with Crippen molar-refractivity contribution in [3.63, 3.8) is 0 Å². The van der Waals surface area contributed by atoms with Crippen molar-refractivity contribution in [1.82, 2.24) is 10.2 Å². The average Bonchev–Trinajstić information content (AvgIpc) is 3.17. The van der Waals surface area contributed by atoms with Crippen LogP contribution in [0.25, 0.3) is 0 Å². The van der Waals surface area contributed by atoms with Crippen molar-refractivity contribution in [1.29, 1.82) is 0 Å². The molecule has 2 fully saturated rings. The van der Waals surface area contributed by atoms with E-state index in [-0.39, 0.29) is 5.88 Å². The number of aliphatic hydroxyl groups is 1. The van der Waals surface area contributed by atoms with Crippen molar-refractivity contribution < 1.29 is 23.0 Å². The number of hydrogen-bond acceptors (Lipinski definition) is 5. The lowest BCUT2D eigenvalue weighted by atomic mass is 9.89. The number of anilines is 1. The molecule has 110 valence electrons. The number of ether oxygens (including phenoxy) is 1. The van der Waals surface area contributed by atoms with Gasteiger partial charge in [-0.25, -0.2) is 0 Å². The Labute approximate surface area is 113 Å². The minimum atomic E-state index is -4.39. The smallest absolute Gasteiger partial charge is 0.422 e. The number of rotatable bonds is 4. The molecule has 2 aliphatic rings. The van der Waals surface area contributed by atoms with Crippen molar-refractivity contribution in [2.45, 2.75) is 24.6 Å². The van der Waals surface area contributed by atoms with Gasteiger partial charge in [-0.1, -0.05) is 0 Å². The maximum absolute atomic E-state index is 12.0. The van der Waals surface area contributed by atoms with Gasteiger partial charge in [0.15, 0.2) is 12.4 Å². The van der Waals surface area contributed by atoms with Crippen molar-refractivity contribution in [3.05, 3.63) is 12.1 Å². The van der Waals surface area contributed by atoms with Gasteiger partial charge in [0.1, 0.15) is 5.60 Å². The van der Waals surface area contributed by atoms with Gasteiger partial charge in [-0.05, 0) is 24.8 Å². The summed E-state index contributed by atoms with van der Waals surface area (Å²) in [7, 11) is 0. The van der Waals surface area contributed by atoms with Crippen LogP contribution in [0.15, 0.2) is 12.1 Å². The summed E-state index contributed by atoms with van der Waals surface area (Å²) in [5, 5.41) is 17.6. The van der Waals surface area contributed by atoms with Crippen LogP contribution in [0, 0.1) is 5.92 Å². The van der Waals surface area contributed by atoms with Gasteiger partial charge in [-0.15, -0.1) is 10.2 Å². The zero-order valence-electron chi connectivity index (χ0n) is 10.6. The fourth-order valence-electron chi connectivity index (χ4n) is 2.37. The first-order valence-corrected chi connectivity index (χ1v) is 6.36. The molecule has 0 atom stereocenters. The van der Waals surface area contributed by atoms with E-state index in [1.807, 2.05) is 4.90 Å². The Hall–Kier alpha value is -1.57. The molecule has 2 heterocycles. The SMILES string of the molecule is OC1(C2CC2)CN(c2ccc(OCC(F)(F)F)nn2)C1. The van der Waals surface area contributed by atoms with Gasteiger partial charge < -0.3 is 14.7 Å². The number of nitrogens with zero attached hydrogens (tertiary/aromatic N) is 3. The summed E-state index contributed by atoms with van der Waals surface area (Å²) in [6.45, 7) is -0.392. The van der Waals surface area contributed by atoms with E-state index in [4.69, 9.17) is 0 Å². The highest BCUT2D eigenvalue weighted by Gasteiger charge is 2.52. The Kier molecular flexibility index (Phi) is 3.00. The van der Waals surface area contributed by atoms with E-state index in [2.05, 4.69) is 14.9 Å². The largest absolute Gasteiger partial charge is 0.467 e. The fourth-order valence-corrected chi connectivity index (χ4v) is 2.37. The Morgan fingerprint density at radius 3 is 2.50 bits per heavy atom. The number of β-amino-alcohol motifs (C(OH)–C–C–N with tert-alkyl or cyclic N) is 1. The van der Waals surface area contributed by atoms with Gasteiger partial charge in [0.25, 0.3) is 0 Å². The summed E-state index contributed by atoms with van der Waals surface area (Å²) in [5.74, 6) is 0.750. The maximum Gasteiger partial charge on any atom is 0.422 e. The molecule has 3 rings (SSSR count). The molecule has 0 radical (unpaired) electrons. The molecular formula is C12H14F3N3O2. The van der Waals surface area contributed by atoms with Crippen LogP contribution < -0.4 is 9.64 Å². The average molecular weight is 289 g/mol. The van der Waals surface area contributed by atoms with E-state index < -0.39 is 18.4 Å². The predicted octanol–water partition coefficient (Wildman–Crippen LogP) is 1.38. The molecule has 1 aliphatic heterocycles. The summed E-state index contributed by atoms with van der Waals surface area (Å²) in [4.78, 5) is 1.85. The van der Waals surface area contributed by atoms with E-state index in [0.717, 1.165) is 12.8 Å². The van der Waals surface area contributed by atoms with Crippen LogP contribution in [-0.2, 0) is 0 Å². The monoisotopic (exact) mass is 289 g/mol. The van der Waals surface area contributed by atoms with Crippen LogP contribution in [-0.4, -0.2) is 46.8 Å². The first-order valence-electron chi connectivity index (χ1n) is 6.36. The molecule has 1 aromatic heterocycles. The van der Waals surface area contributed by atoms with Gasteiger partial charge in [-0.2, -0.15) is 13.2 Å². The summed E-state index contributed by atoms with van der Waals surface area (Å²) < 4.78 is 40.4. The normalized spacial score (nSPS) is 21.5. The molecule has 5 nitrogen and oxygen atoms in total. The van der Waals surface area contributed by atoms with Crippen LogP contribution in [0.2, 0.25) is 0 Å². The molecule has 8 heteroatoms. The Bertz CT molecular complexity index is 482. The molecular weight excluding hydrogens is 275 g/mol. The molecule has 0 spiro atoms. The highest BCUT2D eigenvalue weighted by molar-refractivity contribution is 5.44. The van der Waals surface area contributed by atoms with Gasteiger partial charge in [0.2, 0.25) is 5.88 Å². The van der Waals surface area contributed by atoms with Crippen molar-refractivity contribution in [2.75, 3.05) is 24.6 Å². The highest BCUT2D eigenvalue weighted by Crippen LogP contribution is 2.45. The third kappa shape index (κ3) is 2.79. The molecule has 0 amide bonds. The molecule has 1 saturated carbocycles. The Morgan fingerprint density at radius 1 is 1.30 bits per heavy atom. The second kappa shape index (κ2) is 4.47. The number of alkyl halides is 3. The highest BCUT2D eigenvalue weighted by atomic mass is 19.4. The van der Waals surface area contributed by atoms with Crippen LogP contribution in [0.4, 0.5) is 19.0 Å². The minimum absolute atomic E-state index is 0.163. The number of aromatic nitrogens is 2. The maximum atomic E-state index is 12.0. The second-order valence-electron chi connectivity index (χ2n) is 5.37. The lowest BCUT2D eigenvalue weighted by Gasteiger charge is -2.47. The summed E-state index contributed by atoms with van der Waals surface area (Å²) in [6.07, 6.45) is -2.28. The molecule has 0 aromatic carbocycles. The molecule has 20 heavy (non-hydrogen) atoms. The lowest BCUT2D eigenvalue weighted by molar-refractivity contribution is -0.154. The summed E-state index contributed by atoms with van der Waals surface area (Å²) in [6, 6.07) is 2.90. The van der Waals surface area contributed by atoms with Gasteiger partial charge in [0, 0.05) is 6.07 Å². The van der Waals surface area contributed by atoms with E-state index in [9.17, 15) is 18.3 Å². The van der Waals surface area contributed by atoms with Crippen LogP contribution in [0.3, 0.4) is 0 Å². The fraction of sp³-hybridized carbons (Fsp3) is 0.667. The molecule has 1 aromatic rings. The lowest BCUT2D eigenvalue weighted by Crippen LogP contribution is -2.63. The summed E-state index contributed by atoms with van der Waals surface area (Å²) in [5.41, 5.74) is -0.632. The molecule has 1 N–H and O–H groups in total. The first-order chi connectivity index (χ1) is 9.36. The van der Waals surface area contributed by atoms with Crippen LogP contribution in [0.1, 0.15) is 12.8 Å². The standard InChI is InChI=1S/C12H14F3N3O2/c13-12(14,15)7-20-10-4-3-9(16-17-10)18-5-11(19,6-18)8-1-2-8/h3-4,8,19H,1-2,5-7H2. The zero-order chi connectivity index (χ0) is 14.4. The van der Waals surface area contributed by atoms with Gasteiger partial charge in [0.05, 0.1) is 13.1 Å². The quantitative estimate of drug-likeness (QED) is 0.907. The Morgan fingerprint density at radius 2 is 2.00 bits per heavy atom. The van der Waals surface area contributed by atoms with E-state index in [0.29, 0.717) is 24.8 Å². The second-order valence-corrected chi connectivity index (χ2v) is 5.37. The van der Waals surface area contributed by atoms with E-state index in [1.54, 1.807) is 6.07 Å². The third-order valence-electron chi connectivity index (χ3n) is 3.60. The molecule has 1 saturated heterocycles. The van der Waals surface area contributed by atoms with E-state index >= 15 is 0 Å². The topological polar surface area (TPSA) is 58.5 Å². The molecule has 0 unspecified atom stereocenters. The predicted molar refractivity (Wildman–Crippen MR) is 63.5 cm³/mol. The van der Waals surface area contributed by atoms with Gasteiger partial charge >= 0.3 is 6.18 Å². The van der Waals surface area contributed by atoms with Crippen molar-refractivity contribution in [2.24, 2.45) is 5.92 Å². The first kappa shape index (κ1) is 13.4. The van der Waals surface area contributed by atoms with E-state index in [1.165, 1.54) is 6.07 Å². The van der Waals surface area contributed by atoms with Crippen molar-refractivity contribution >= 4 is 5.82 Å². The number of hydrogen-bond donors (Lipinski definition) is 1. The molecule has 1 aliphatic carbocycles. The van der Waals surface area contributed by atoms with Crippen LogP contribution in [0.5, 0.6) is 5.88 Å².